The van der Waals surface area contributed by atoms with Gasteiger partial charge in [-0.3, -0.25) is 4.98 Å². The van der Waals surface area contributed by atoms with Crippen LogP contribution in [0.3, 0.4) is 0 Å². The molecule has 1 aliphatic rings. The Morgan fingerprint density at radius 3 is 2.88 bits per heavy atom. The number of aromatic nitrogens is 1. The van der Waals surface area contributed by atoms with Gasteiger partial charge in [-0.05, 0) is 31.7 Å². The topological polar surface area (TPSA) is 69.7 Å². The lowest BCUT2D eigenvalue weighted by atomic mass is 10.00. The molecule has 0 bridgehead atoms. The number of esters is 1. The van der Waals surface area contributed by atoms with Gasteiger partial charge in [0.05, 0.1) is 19.4 Å². The van der Waals surface area contributed by atoms with Crippen LogP contribution in [0.2, 0.25) is 0 Å². The van der Waals surface area contributed by atoms with Crippen molar-refractivity contribution < 1.29 is 19.0 Å². The number of benzene rings is 1. The van der Waals surface area contributed by atoms with E-state index in [0.717, 1.165) is 49.2 Å². The molecule has 1 aromatic heterocycles. The molecule has 6 heteroatoms. The normalized spacial score (nSPS) is 15.1. The summed E-state index contributed by atoms with van der Waals surface area (Å²) in [5.41, 5.74) is 1.94. The minimum Gasteiger partial charge on any atom is -0.494 e. The molecule has 1 aliphatic heterocycles. The summed E-state index contributed by atoms with van der Waals surface area (Å²) < 4.78 is 16.0. The van der Waals surface area contributed by atoms with Crippen LogP contribution in [-0.4, -0.2) is 44.4 Å². The number of rotatable bonds is 6. The Hall–Kier alpha value is -2.34. The van der Waals surface area contributed by atoms with E-state index < -0.39 is 0 Å². The Morgan fingerprint density at radius 1 is 1.36 bits per heavy atom. The molecular weight excluding hydrogens is 320 g/mol. The van der Waals surface area contributed by atoms with Crippen molar-refractivity contribution in [2.45, 2.75) is 19.8 Å². The monoisotopic (exact) mass is 344 g/mol. The molecule has 0 amide bonds. The SMILES string of the molecule is CCOC(=O)c1cnc2c(OC)cccc2c1NCC1CCOCC1. The summed E-state index contributed by atoms with van der Waals surface area (Å²) in [4.78, 5) is 16.8. The second-order valence-corrected chi connectivity index (χ2v) is 6.06. The molecule has 6 nitrogen and oxygen atoms in total. The maximum atomic E-state index is 12.4. The summed E-state index contributed by atoms with van der Waals surface area (Å²) in [6.45, 7) is 4.50. The fourth-order valence-electron chi connectivity index (χ4n) is 3.11. The largest absolute Gasteiger partial charge is 0.494 e. The van der Waals surface area contributed by atoms with Crippen molar-refractivity contribution in [3.63, 3.8) is 0 Å². The zero-order valence-electron chi connectivity index (χ0n) is 14.7. The van der Waals surface area contributed by atoms with Gasteiger partial charge < -0.3 is 19.5 Å². The Morgan fingerprint density at radius 2 is 2.16 bits per heavy atom. The number of para-hydroxylation sites is 1. The quantitative estimate of drug-likeness (QED) is 0.811. The predicted octanol–water partition coefficient (Wildman–Crippen LogP) is 3.26. The molecule has 1 aromatic carbocycles. The van der Waals surface area contributed by atoms with Gasteiger partial charge in [-0.2, -0.15) is 0 Å². The molecule has 0 aliphatic carbocycles. The highest BCUT2D eigenvalue weighted by Gasteiger charge is 2.20. The van der Waals surface area contributed by atoms with E-state index in [1.165, 1.54) is 0 Å². The third-order valence-electron chi connectivity index (χ3n) is 4.48. The second-order valence-electron chi connectivity index (χ2n) is 6.06. The van der Waals surface area contributed by atoms with Gasteiger partial charge in [-0.1, -0.05) is 12.1 Å². The van der Waals surface area contributed by atoms with E-state index in [2.05, 4.69) is 10.3 Å². The number of anilines is 1. The minimum atomic E-state index is -0.366. The lowest BCUT2D eigenvalue weighted by Gasteiger charge is -2.23. The second kappa shape index (κ2) is 8.16. The smallest absolute Gasteiger partial charge is 0.341 e. The molecule has 2 aromatic rings. The van der Waals surface area contributed by atoms with Gasteiger partial charge in [-0.15, -0.1) is 0 Å². The van der Waals surface area contributed by atoms with Crippen molar-refractivity contribution in [2.75, 3.05) is 38.8 Å². The van der Waals surface area contributed by atoms with E-state index in [1.54, 1.807) is 20.2 Å². The molecular formula is C19H24N2O4. The standard InChI is InChI=1S/C19H24N2O4/c1-3-25-19(22)15-12-21-18-14(5-4-6-16(18)23-2)17(15)20-11-13-7-9-24-10-8-13/h4-6,12-13H,3,7-11H2,1-2H3,(H,20,21). The zero-order chi connectivity index (χ0) is 17.6. The average Bonchev–Trinajstić information content (AvgIpc) is 2.66. The Balaban J connectivity index is 1.97. The number of pyridine rings is 1. The number of nitrogens with one attached hydrogen (secondary N) is 1. The van der Waals surface area contributed by atoms with Gasteiger partial charge in [0.2, 0.25) is 0 Å². The number of hydrogen-bond acceptors (Lipinski definition) is 6. The molecule has 3 rings (SSSR count). The fourth-order valence-corrected chi connectivity index (χ4v) is 3.11. The van der Waals surface area contributed by atoms with Gasteiger partial charge in [-0.25, -0.2) is 4.79 Å². The van der Waals surface area contributed by atoms with Crippen LogP contribution in [0.5, 0.6) is 5.75 Å². The first kappa shape index (κ1) is 17.5. The van der Waals surface area contributed by atoms with Crippen LogP contribution in [-0.2, 0) is 9.47 Å². The van der Waals surface area contributed by atoms with Gasteiger partial charge >= 0.3 is 5.97 Å². The summed E-state index contributed by atoms with van der Waals surface area (Å²) in [7, 11) is 1.62. The van der Waals surface area contributed by atoms with E-state index in [-0.39, 0.29) is 5.97 Å². The van der Waals surface area contributed by atoms with Crippen LogP contribution in [0.1, 0.15) is 30.1 Å². The van der Waals surface area contributed by atoms with E-state index in [1.807, 2.05) is 18.2 Å². The first-order valence-electron chi connectivity index (χ1n) is 8.69. The summed E-state index contributed by atoms with van der Waals surface area (Å²) >= 11 is 0. The predicted molar refractivity (Wildman–Crippen MR) is 96.3 cm³/mol. The van der Waals surface area contributed by atoms with Crippen LogP contribution < -0.4 is 10.1 Å². The van der Waals surface area contributed by atoms with Crippen molar-refractivity contribution in [3.05, 3.63) is 30.0 Å². The molecule has 0 spiro atoms. The van der Waals surface area contributed by atoms with E-state index in [4.69, 9.17) is 14.2 Å². The highest BCUT2D eigenvalue weighted by Crippen LogP contribution is 2.32. The van der Waals surface area contributed by atoms with Gasteiger partial charge in [0.15, 0.2) is 0 Å². The third kappa shape index (κ3) is 3.85. The Bertz CT molecular complexity index is 742. The van der Waals surface area contributed by atoms with Gasteiger partial charge in [0.25, 0.3) is 0 Å². The molecule has 1 N–H and O–H groups in total. The van der Waals surface area contributed by atoms with Crippen molar-refractivity contribution in [3.8, 4) is 5.75 Å². The van der Waals surface area contributed by atoms with E-state index >= 15 is 0 Å². The van der Waals surface area contributed by atoms with E-state index in [9.17, 15) is 4.79 Å². The summed E-state index contributed by atoms with van der Waals surface area (Å²) in [5.74, 6) is 0.842. The van der Waals surface area contributed by atoms with Crippen molar-refractivity contribution >= 4 is 22.6 Å². The number of fused-ring (bicyclic) bond motifs is 1. The molecule has 0 radical (unpaired) electrons. The van der Waals surface area contributed by atoms with Crippen molar-refractivity contribution in [1.29, 1.82) is 0 Å². The molecule has 134 valence electrons. The highest BCUT2D eigenvalue weighted by atomic mass is 16.5. The number of carbonyl (C=O) groups is 1. The average molecular weight is 344 g/mol. The molecule has 25 heavy (non-hydrogen) atoms. The van der Waals surface area contributed by atoms with Crippen molar-refractivity contribution in [1.82, 2.24) is 4.98 Å². The van der Waals surface area contributed by atoms with Crippen LogP contribution >= 0.6 is 0 Å². The lowest BCUT2D eigenvalue weighted by Crippen LogP contribution is -2.23. The zero-order valence-corrected chi connectivity index (χ0v) is 14.7. The fraction of sp³-hybridized carbons (Fsp3) is 0.474. The number of methoxy groups -OCH3 is 1. The number of hydrogen-bond donors (Lipinski definition) is 1. The summed E-state index contributed by atoms with van der Waals surface area (Å²) in [5, 5.41) is 4.32. The molecule has 1 fully saturated rings. The number of nitrogens with zero attached hydrogens (tertiary/aromatic N) is 1. The summed E-state index contributed by atoms with van der Waals surface area (Å²) in [6.07, 6.45) is 3.61. The molecule has 0 unspecified atom stereocenters. The molecule has 0 saturated carbocycles. The summed E-state index contributed by atoms with van der Waals surface area (Å²) in [6, 6.07) is 5.71. The van der Waals surface area contributed by atoms with E-state index in [0.29, 0.717) is 23.8 Å². The maximum absolute atomic E-state index is 12.4. The lowest BCUT2D eigenvalue weighted by molar-refractivity contribution is 0.0526. The maximum Gasteiger partial charge on any atom is 0.341 e. The highest BCUT2D eigenvalue weighted by molar-refractivity contribution is 6.06. The van der Waals surface area contributed by atoms with Gasteiger partial charge in [0.1, 0.15) is 16.8 Å². The Kier molecular flexibility index (Phi) is 5.71. The van der Waals surface area contributed by atoms with Crippen molar-refractivity contribution in [2.24, 2.45) is 5.92 Å². The first-order chi connectivity index (χ1) is 12.2. The van der Waals surface area contributed by atoms with Gasteiger partial charge in [0, 0.05) is 31.3 Å². The van der Waals surface area contributed by atoms with Crippen LogP contribution in [0.4, 0.5) is 5.69 Å². The van der Waals surface area contributed by atoms with Crippen LogP contribution in [0.25, 0.3) is 10.9 Å². The number of ether oxygens (including phenoxy) is 3. The molecule has 0 atom stereocenters. The third-order valence-corrected chi connectivity index (χ3v) is 4.48. The first-order valence-corrected chi connectivity index (χ1v) is 8.69. The van der Waals surface area contributed by atoms with Crippen LogP contribution in [0, 0.1) is 5.92 Å². The molecule has 1 saturated heterocycles. The molecule has 2 heterocycles. The Labute approximate surface area is 147 Å². The number of carbonyl (C=O) groups excluding carboxylic acids is 1. The minimum absolute atomic E-state index is 0.328. The van der Waals surface area contributed by atoms with Crippen LogP contribution in [0.15, 0.2) is 24.4 Å².